The monoisotopic (exact) mass is 495 g/mol. The predicted molar refractivity (Wildman–Crippen MR) is 142 cm³/mol. The molecule has 0 N–H and O–H groups in total. The maximum Gasteiger partial charge on any atom is 0.410 e. The summed E-state index contributed by atoms with van der Waals surface area (Å²) in [5.41, 5.74) is 2.51. The molecule has 2 heterocycles. The van der Waals surface area contributed by atoms with Crippen molar-refractivity contribution in [2.75, 3.05) is 26.2 Å². The Bertz CT molecular complexity index is 964. The van der Waals surface area contributed by atoms with Crippen LogP contribution in [0.1, 0.15) is 103 Å². The minimum atomic E-state index is -0.461. The molecular weight excluding hydrogens is 450 g/mol. The predicted octanol–water partition coefficient (Wildman–Crippen LogP) is 5.73. The summed E-state index contributed by atoms with van der Waals surface area (Å²) in [6, 6.07) is 9.80. The zero-order chi connectivity index (χ0) is 25.7. The van der Waals surface area contributed by atoms with Crippen LogP contribution in [0.2, 0.25) is 0 Å². The van der Waals surface area contributed by atoms with E-state index in [1.165, 1.54) is 30.4 Å². The lowest BCUT2D eigenvalue weighted by Gasteiger charge is -2.58. The molecule has 0 bridgehead atoms. The summed E-state index contributed by atoms with van der Waals surface area (Å²) in [5.74, 6) is 0.741. The third-order valence-corrected chi connectivity index (χ3v) is 9.14. The van der Waals surface area contributed by atoms with Gasteiger partial charge in [-0.15, -0.1) is 0 Å². The smallest absolute Gasteiger partial charge is 0.410 e. The molecule has 4 aliphatic rings. The number of piperidine rings is 1. The molecule has 2 saturated heterocycles. The number of hydrogen-bond acceptors (Lipinski definition) is 4. The summed E-state index contributed by atoms with van der Waals surface area (Å²) in [5, 5.41) is 0. The van der Waals surface area contributed by atoms with Crippen molar-refractivity contribution in [3.05, 3.63) is 35.4 Å². The SMILES string of the molecule is CC(C)c1ccccc1C1CN(C2CCC2)CC(=O)N1C1CC2(CCN(C(=O)OC(C)(C)C)CC2)C1. The number of rotatable bonds is 4. The Morgan fingerprint density at radius 1 is 1.06 bits per heavy atom. The van der Waals surface area contributed by atoms with Gasteiger partial charge in [-0.25, -0.2) is 4.79 Å². The van der Waals surface area contributed by atoms with Crippen molar-refractivity contribution < 1.29 is 14.3 Å². The number of benzene rings is 1. The molecule has 6 nitrogen and oxygen atoms in total. The summed E-state index contributed by atoms with van der Waals surface area (Å²) in [6.07, 6.45) is 7.69. The molecule has 0 aromatic heterocycles. The highest BCUT2D eigenvalue weighted by Gasteiger charge is 2.52. The molecule has 1 aromatic rings. The molecule has 5 rings (SSSR count). The van der Waals surface area contributed by atoms with Crippen LogP contribution in [0.4, 0.5) is 4.79 Å². The van der Waals surface area contributed by atoms with Crippen LogP contribution in [0.3, 0.4) is 0 Å². The first-order valence-corrected chi connectivity index (χ1v) is 14.2. The molecule has 2 aliphatic heterocycles. The molecule has 198 valence electrons. The molecule has 1 spiro atoms. The number of amides is 2. The van der Waals surface area contributed by atoms with Crippen LogP contribution in [-0.2, 0) is 9.53 Å². The maximum atomic E-state index is 13.7. The van der Waals surface area contributed by atoms with E-state index in [2.05, 4.69) is 47.9 Å². The van der Waals surface area contributed by atoms with E-state index >= 15 is 0 Å². The fraction of sp³-hybridized carbons (Fsp3) is 0.733. The van der Waals surface area contributed by atoms with Crippen LogP contribution >= 0.6 is 0 Å². The Kier molecular flexibility index (Phi) is 6.86. The van der Waals surface area contributed by atoms with Gasteiger partial charge in [-0.1, -0.05) is 44.5 Å². The largest absolute Gasteiger partial charge is 0.444 e. The first kappa shape index (κ1) is 25.6. The number of nitrogens with zero attached hydrogens (tertiary/aromatic N) is 3. The van der Waals surface area contributed by atoms with Gasteiger partial charge in [-0.2, -0.15) is 0 Å². The van der Waals surface area contributed by atoms with Crippen LogP contribution in [0, 0.1) is 5.41 Å². The van der Waals surface area contributed by atoms with Crippen LogP contribution in [0.5, 0.6) is 0 Å². The molecule has 4 fully saturated rings. The lowest BCUT2D eigenvalue weighted by Crippen LogP contribution is -2.63. The molecular formula is C30H45N3O3. The first-order chi connectivity index (χ1) is 17.1. The molecule has 6 heteroatoms. The molecule has 0 radical (unpaired) electrons. The molecule has 1 atom stereocenters. The van der Waals surface area contributed by atoms with Crippen molar-refractivity contribution in [3.8, 4) is 0 Å². The van der Waals surface area contributed by atoms with Gasteiger partial charge in [0, 0.05) is 31.7 Å². The lowest BCUT2D eigenvalue weighted by molar-refractivity contribution is -0.155. The van der Waals surface area contributed by atoms with Crippen molar-refractivity contribution in [3.63, 3.8) is 0 Å². The van der Waals surface area contributed by atoms with E-state index < -0.39 is 5.60 Å². The Morgan fingerprint density at radius 2 is 1.72 bits per heavy atom. The highest BCUT2D eigenvalue weighted by Crippen LogP contribution is 2.53. The van der Waals surface area contributed by atoms with Crippen LogP contribution in [0.15, 0.2) is 24.3 Å². The van der Waals surface area contributed by atoms with Gasteiger partial charge >= 0.3 is 6.09 Å². The zero-order valence-corrected chi connectivity index (χ0v) is 23.0. The van der Waals surface area contributed by atoms with E-state index in [4.69, 9.17) is 4.74 Å². The third-order valence-electron chi connectivity index (χ3n) is 9.14. The quantitative estimate of drug-likeness (QED) is 0.535. The minimum Gasteiger partial charge on any atom is -0.444 e. The Morgan fingerprint density at radius 3 is 2.31 bits per heavy atom. The summed E-state index contributed by atoms with van der Waals surface area (Å²) in [4.78, 5) is 32.9. The fourth-order valence-electron chi connectivity index (χ4n) is 6.92. The van der Waals surface area contributed by atoms with E-state index in [-0.39, 0.29) is 17.6 Å². The summed E-state index contributed by atoms with van der Waals surface area (Å²) >= 11 is 0. The van der Waals surface area contributed by atoms with E-state index in [0.29, 0.717) is 30.5 Å². The Hall–Kier alpha value is -2.08. The Labute approximate surface area is 217 Å². The topological polar surface area (TPSA) is 53.1 Å². The molecule has 2 saturated carbocycles. The van der Waals surface area contributed by atoms with Crippen molar-refractivity contribution >= 4 is 12.0 Å². The van der Waals surface area contributed by atoms with E-state index in [0.717, 1.165) is 45.3 Å². The lowest BCUT2D eigenvalue weighted by atomic mass is 9.59. The molecule has 1 aromatic carbocycles. The van der Waals surface area contributed by atoms with Gasteiger partial charge in [0.25, 0.3) is 0 Å². The van der Waals surface area contributed by atoms with E-state index in [1.807, 2.05) is 25.7 Å². The molecule has 2 amide bonds. The number of hydrogen-bond donors (Lipinski definition) is 0. The van der Waals surface area contributed by atoms with Crippen molar-refractivity contribution in [1.29, 1.82) is 0 Å². The van der Waals surface area contributed by atoms with Gasteiger partial charge in [-0.05, 0) is 81.8 Å². The third kappa shape index (κ3) is 5.03. The second-order valence-electron chi connectivity index (χ2n) is 13.1. The van der Waals surface area contributed by atoms with Gasteiger partial charge in [-0.3, -0.25) is 9.69 Å². The van der Waals surface area contributed by atoms with Crippen molar-refractivity contribution in [2.45, 2.75) is 109 Å². The van der Waals surface area contributed by atoms with Gasteiger partial charge in [0.15, 0.2) is 0 Å². The normalized spacial score (nSPS) is 25.7. The number of likely N-dealkylation sites (tertiary alicyclic amines) is 1. The molecule has 2 aliphatic carbocycles. The van der Waals surface area contributed by atoms with Gasteiger partial charge in [0.1, 0.15) is 5.60 Å². The maximum absolute atomic E-state index is 13.7. The summed E-state index contributed by atoms with van der Waals surface area (Å²) in [6.45, 7) is 13.3. The average molecular weight is 496 g/mol. The number of ether oxygens (including phenoxy) is 1. The number of carbonyl (C=O) groups excluding carboxylic acids is 2. The first-order valence-electron chi connectivity index (χ1n) is 14.2. The number of carbonyl (C=O) groups is 2. The molecule has 36 heavy (non-hydrogen) atoms. The van der Waals surface area contributed by atoms with Gasteiger partial charge in [0.2, 0.25) is 5.91 Å². The second-order valence-corrected chi connectivity index (χ2v) is 13.1. The van der Waals surface area contributed by atoms with Crippen LogP contribution < -0.4 is 0 Å². The van der Waals surface area contributed by atoms with Crippen molar-refractivity contribution in [1.82, 2.24) is 14.7 Å². The molecule has 1 unspecified atom stereocenters. The highest BCUT2D eigenvalue weighted by atomic mass is 16.6. The summed E-state index contributed by atoms with van der Waals surface area (Å²) in [7, 11) is 0. The highest BCUT2D eigenvalue weighted by molar-refractivity contribution is 5.80. The fourth-order valence-corrected chi connectivity index (χ4v) is 6.92. The second kappa shape index (κ2) is 9.66. The zero-order valence-electron chi connectivity index (χ0n) is 23.0. The average Bonchev–Trinajstić information content (AvgIpc) is 2.75. The van der Waals surface area contributed by atoms with Crippen LogP contribution in [-0.4, -0.2) is 70.6 Å². The standard InChI is InChI=1S/C30H45N3O3/c1-21(2)24-11-6-7-12-25(24)26-19-32(22-9-8-10-22)20-27(34)33(26)23-17-30(18-23)13-15-31(16-14-30)28(35)36-29(3,4)5/h6-7,11-12,21-23,26H,8-10,13-20H2,1-5H3. The Balaban J connectivity index is 1.29. The van der Waals surface area contributed by atoms with Gasteiger partial charge in [0.05, 0.1) is 12.6 Å². The minimum absolute atomic E-state index is 0.134. The number of piperazine rings is 1. The van der Waals surface area contributed by atoms with Gasteiger partial charge < -0.3 is 14.5 Å². The van der Waals surface area contributed by atoms with Crippen LogP contribution in [0.25, 0.3) is 0 Å². The van der Waals surface area contributed by atoms with Crippen molar-refractivity contribution in [2.24, 2.45) is 5.41 Å². The van der Waals surface area contributed by atoms with E-state index in [1.54, 1.807) is 0 Å². The van der Waals surface area contributed by atoms with E-state index in [9.17, 15) is 9.59 Å². The summed E-state index contributed by atoms with van der Waals surface area (Å²) < 4.78 is 5.59.